The second-order valence-corrected chi connectivity index (χ2v) is 8.23. The predicted octanol–water partition coefficient (Wildman–Crippen LogP) is 1.75. The number of ether oxygens (including phenoxy) is 1. The molecule has 3 heterocycles. The van der Waals surface area contributed by atoms with Gasteiger partial charge in [-0.15, -0.1) is 11.3 Å². The Labute approximate surface area is 160 Å². The Hall–Kier alpha value is -2.22. The van der Waals surface area contributed by atoms with Crippen LogP contribution in [0.25, 0.3) is 10.2 Å². The van der Waals surface area contributed by atoms with Crippen molar-refractivity contribution in [3.63, 3.8) is 0 Å². The van der Waals surface area contributed by atoms with Gasteiger partial charge in [0.05, 0.1) is 24.2 Å². The number of nitrogens with zero attached hydrogens (tertiary/aromatic N) is 3. The zero-order valence-electron chi connectivity index (χ0n) is 15.4. The number of hydrogen-bond donors (Lipinski definition) is 0. The summed E-state index contributed by atoms with van der Waals surface area (Å²) in [5.41, 5.74) is 0.987. The highest BCUT2D eigenvalue weighted by Gasteiger charge is 2.30. The molecule has 27 heavy (non-hydrogen) atoms. The summed E-state index contributed by atoms with van der Waals surface area (Å²) >= 11 is 1.59. The number of likely N-dealkylation sites (tertiary alicyclic amines) is 1. The Morgan fingerprint density at radius 1 is 1.33 bits per heavy atom. The Balaban J connectivity index is 1.52. The molecular formula is C19H23N3O4S. The van der Waals surface area contributed by atoms with Crippen LogP contribution < -0.4 is 5.56 Å². The topological polar surface area (TPSA) is 81.5 Å². The number of thiophene rings is 1. The number of carbonyl (C=O) groups is 2. The van der Waals surface area contributed by atoms with Crippen molar-refractivity contribution in [2.24, 2.45) is 5.92 Å². The van der Waals surface area contributed by atoms with Gasteiger partial charge in [-0.3, -0.25) is 19.0 Å². The average Bonchev–Trinajstić information content (AvgIpc) is 3.25. The van der Waals surface area contributed by atoms with Gasteiger partial charge in [-0.25, -0.2) is 4.98 Å². The van der Waals surface area contributed by atoms with Crippen LogP contribution in [0.5, 0.6) is 0 Å². The van der Waals surface area contributed by atoms with Crippen LogP contribution >= 0.6 is 11.3 Å². The van der Waals surface area contributed by atoms with Gasteiger partial charge in [-0.1, -0.05) is 0 Å². The van der Waals surface area contributed by atoms with E-state index in [0.717, 1.165) is 42.5 Å². The van der Waals surface area contributed by atoms with E-state index in [2.05, 4.69) is 4.98 Å². The predicted molar refractivity (Wildman–Crippen MR) is 102 cm³/mol. The van der Waals surface area contributed by atoms with Crippen LogP contribution in [0.15, 0.2) is 11.1 Å². The molecule has 2 aromatic heterocycles. The van der Waals surface area contributed by atoms with Crippen molar-refractivity contribution in [3.8, 4) is 0 Å². The number of fused-ring (bicyclic) bond motifs is 3. The van der Waals surface area contributed by atoms with Crippen molar-refractivity contribution in [3.05, 3.63) is 27.1 Å². The smallest absolute Gasteiger partial charge is 0.310 e. The third kappa shape index (κ3) is 3.38. The first kappa shape index (κ1) is 18.2. The van der Waals surface area contributed by atoms with Gasteiger partial charge in [0.2, 0.25) is 5.91 Å². The van der Waals surface area contributed by atoms with Crippen molar-refractivity contribution in [2.75, 3.05) is 19.7 Å². The minimum Gasteiger partial charge on any atom is -0.466 e. The summed E-state index contributed by atoms with van der Waals surface area (Å²) in [5, 5.41) is 0.686. The molecule has 1 saturated heterocycles. The van der Waals surface area contributed by atoms with E-state index in [1.165, 1.54) is 15.8 Å². The number of carbonyl (C=O) groups excluding carboxylic acids is 2. The molecule has 1 unspecified atom stereocenters. The minimum atomic E-state index is -0.278. The van der Waals surface area contributed by atoms with E-state index in [1.807, 2.05) is 0 Å². The molecule has 2 aliphatic rings. The monoisotopic (exact) mass is 389 g/mol. The standard InChI is InChI=1S/C19H23N3O4S/c1-2-26-19(25)12-5-4-8-21(9-12)15(23)10-22-11-20-17-16(18(22)24)13-6-3-7-14(13)27-17/h11-12H,2-10H2,1H3. The van der Waals surface area contributed by atoms with Crippen molar-refractivity contribution in [1.82, 2.24) is 14.5 Å². The fraction of sp³-hybridized carbons (Fsp3) is 0.579. The quantitative estimate of drug-likeness (QED) is 0.744. The Bertz CT molecular complexity index is 948. The van der Waals surface area contributed by atoms with E-state index in [1.54, 1.807) is 23.2 Å². The second kappa shape index (κ2) is 7.42. The Kier molecular flexibility index (Phi) is 4.99. The molecule has 7 nitrogen and oxygen atoms in total. The van der Waals surface area contributed by atoms with E-state index >= 15 is 0 Å². The van der Waals surface area contributed by atoms with Crippen molar-refractivity contribution < 1.29 is 14.3 Å². The van der Waals surface area contributed by atoms with Gasteiger partial charge in [-0.2, -0.15) is 0 Å². The summed E-state index contributed by atoms with van der Waals surface area (Å²) in [4.78, 5) is 45.7. The molecule has 0 radical (unpaired) electrons. The molecule has 2 aromatic rings. The third-order valence-corrected chi connectivity index (χ3v) is 6.59. The summed E-state index contributed by atoms with van der Waals surface area (Å²) in [6.45, 7) is 3.04. The van der Waals surface area contributed by atoms with Crippen LogP contribution in [0.2, 0.25) is 0 Å². The molecule has 0 spiro atoms. The molecule has 8 heteroatoms. The minimum absolute atomic E-state index is 0.0397. The van der Waals surface area contributed by atoms with Crippen LogP contribution in [0.3, 0.4) is 0 Å². The lowest BCUT2D eigenvalue weighted by molar-refractivity contribution is -0.151. The number of hydrogen-bond acceptors (Lipinski definition) is 6. The lowest BCUT2D eigenvalue weighted by Gasteiger charge is -2.31. The van der Waals surface area contributed by atoms with E-state index < -0.39 is 0 Å². The fourth-order valence-electron chi connectivity index (χ4n) is 4.03. The summed E-state index contributed by atoms with van der Waals surface area (Å²) < 4.78 is 6.49. The average molecular weight is 389 g/mol. The summed E-state index contributed by atoms with van der Waals surface area (Å²) in [6.07, 6.45) is 5.97. The first-order valence-corrected chi connectivity index (χ1v) is 10.3. The number of esters is 1. The van der Waals surface area contributed by atoms with E-state index in [0.29, 0.717) is 25.1 Å². The van der Waals surface area contributed by atoms with Crippen molar-refractivity contribution in [2.45, 2.75) is 45.6 Å². The molecule has 1 aliphatic heterocycles. The van der Waals surface area contributed by atoms with Gasteiger partial charge < -0.3 is 9.64 Å². The van der Waals surface area contributed by atoms with Crippen LogP contribution in [0.4, 0.5) is 0 Å². The zero-order valence-corrected chi connectivity index (χ0v) is 16.2. The van der Waals surface area contributed by atoms with Crippen molar-refractivity contribution in [1.29, 1.82) is 0 Å². The molecule has 144 valence electrons. The largest absolute Gasteiger partial charge is 0.466 e. The third-order valence-electron chi connectivity index (χ3n) is 5.39. The fourth-order valence-corrected chi connectivity index (χ4v) is 5.25. The van der Waals surface area contributed by atoms with Crippen LogP contribution in [0.1, 0.15) is 36.6 Å². The molecule has 0 aromatic carbocycles. The Morgan fingerprint density at radius 2 is 2.19 bits per heavy atom. The SMILES string of the molecule is CCOC(=O)C1CCCN(C(=O)Cn2cnc3sc4c(c3c2=O)CCC4)C1. The van der Waals surface area contributed by atoms with Crippen LogP contribution in [0, 0.1) is 5.92 Å². The first-order chi connectivity index (χ1) is 13.1. The normalized spacial score (nSPS) is 19.3. The van der Waals surface area contributed by atoms with Gasteiger partial charge >= 0.3 is 5.97 Å². The molecule has 0 N–H and O–H groups in total. The zero-order chi connectivity index (χ0) is 19.0. The number of aromatic nitrogens is 2. The van der Waals surface area contributed by atoms with E-state index in [4.69, 9.17) is 4.74 Å². The van der Waals surface area contributed by atoms with E-state index in [-0.39, 0.29) is 29.9 Å². The second-order valence-electron chi connectivity index (χ2n) is 7.15. The van der Waals surface area contributed by atoms with E-state index in [9.17, 15) is 14.4 Å². The molecule has 1 aliphatic carbocycles. The van der Waals surface area contributed by atoms with Gasteiger partial charge in [0.25, 0.3) is 5.56 Å². The molecule has 0 saturated carbocycles. The summed E-state index contributed by atoms with van der Waals surface area (Å²) in [7, 11) is 0. The maximum absolute atomic E-state index is 12.9. The molecule has 1 amide bonds. The molecule has 1 atom stereocenters. The maximum Gasteiger partial charge on any atom is 0.310 e. The molecule has 0 bridgehead atoms. The summed E-state index contributed by atoms with van der Waals surface area (Å²) in [6, 6.07) is 0. The number of amides is 1. The molecule has 1 fully saturated rings. The van der Waals surface area contributed by atoms with Gasteiger partial charge in [-0.05, 0) is 44.6 Å². The Morgan fingerprint density at radius 3 is 3.00 bits per heavy atom. The number of rotatable bonds is 4. The van der Waals surface area contributed by atoms with Crippen LogP contribution in [-0.4, -0.2) is 46.0 Å². The molecule has 4 rings (SSSR count). The number of aryl methyl sites for hydroxylation is 2. The highest BCUT2D eigenvalue weighted by molar-refractivity contribution is 7.18. The summed E-state index contributed by atoms with van der Waals surface area (Å²) in [5.74, 6) is -0.677. The lowest BCUT2D eigenvalue weighted by atomic mass is 9.98. The molecular weight excluding hydrogens is 366 g/mol. The first-order valence-electron chi connectivity index (χ1n) is 9.52. The maximum atomic E-state index is 12.9. The van der Waals surface area contributed by atoms with Gasteiger partial charge in [0.1, 0.15) is 11.4 Å². The van der Waals surface area contributed by atoms with Crippen LogP contribution in [-0.2, 0) is 33.7 Å². The van der Waals surface area contributed by atoms with Gasteiger partial charge in [0.15, 0.2) is 0 Å². The van der Waals surface area contributed by atoms with Gasteiger partial charge in [0, 0.05) is 18.0 Å². The van der Waals surface area contributed by atoms with Crippen molar-refractivity contribution >= 4 is 33.4 Å². The lowest BCUT2D eigenvalue weighted by Crippen LogP contribution is -2.45. The highest BCUT2D eigenvalue weighted by atomic mass is 32.1. The highest BCUT2D eigenvalue weighted by Crippen LogP contribution is 2.34. The number of piperidine rings is 1.